The summed E-state index contributed by atoms with van der Waals surface area (Å²) in [6, 6.07) is 29.8. The van der Waals surface area contributed by atoms with Gasteiger partial charge in [-0.25, -0.2) is 0 Å². The maximum absolute atomic E-state index is 4.49. The smallest absolute Gasteiger partial charge is 0.193 e. The van der Waals surface area contributed by atoms with E-state index in [-0.39, 0.29) is 6.04 Å². The van der Waals surface area contributed by atoms with Gasteiger partial charge in [-0.2, -0.15) is 0 Å². The van der Waals surface area contributed by atoms with E-state index >= 15 is 0 Å². The Kier molecular flexibility index (Phi) is 5.23. The summed E-state index contributed by atoms with van der Waals surface area (Å²) in [7, 11) is 0. The van der Waals surface area contributed by atoms with Crippen LogP contribution in [-0.2, 0) is 6.67 Å². The van der Waals surface area contributed by atoms with Crippen molar-refractivity contribution in [3.8, 4) is 11.4 Å². The standard InChI is InChI=1S/C23H19BrN4S/c24-20-13-7-12-19(14-20)22-25-26-23-28(22)15-27(16-29-23)21(17-8-3-1-4-9-17)18-10-5-2-6-11-18/h1-14,21H,15-16H2. The van der Waals surface area contributed by atoms with Gasteiger partial charge < -0.3 is 0 Å². The van der Waals surface area contributed by atoms with Gasteiger partial charge in [-0.1, -0.05) is 100 Å². The second-order valence-corrected chi connectivity index (χ2v) is 8.80. The summed E-state index contributed by atoms with van der Waals surface area (Å²) in [5.74, 6) is 1.77. The predicted octanol–water partition coefficient (Wildman–Crippen LogP) is 5.82. The molecule has 144 valence electrons. The molecule has 2 heterocycles. The van der Waals surface area contributed by atoms with Crippen molar-refractivity contribution in [2.45, 2.75) is 17.9 Å². The molecule has 29 heavy (non-hydrogen) atoms. The van der Waals surface area contributed by atoms with Crippen LogP contribution in [0.25, 0.3) is 11.4 Å². The van der Waals surface area contributed by atoms with Gasteiger partial charge in [0.05, 0.1) is 18.6 Å². The summed E-state index contributed by atoms with van der Waals surface area (Å²) in [6.07, 6.45) is 0. The first-order chi connectivity index (χ1) is 14.3. The second kappa shape index (κ2) is 8.14. The minimum absolute atomic E-state index is 0.177. The zero-order valence-corrected chi connectivity index (χ0v) is 18.1. The lowest BCUT2D eigenvalue weighted by Gasteiger charge is -2.35. The topological polar surface area (TPSA) is 34.0 Å². The Balaban J connectivity index is 1.54. The second-order valence-electron chi connectivity index (χ2n) is 6.97. The molecule has 0 aliphatic carbocycles. The van der Waals surface area contributed by atoms with Crippen molar-refractivity contribution < 1.29 is 0 Å². The first-order valence-corrected chi connectivity index (χ1v) is 11.2. The van der Waals surface area contributed by atoms with E-state index in [4.69, 9.17) is 0 Å². The highest BCUT2D eigenvalue weighted by Gasteiger charge is 2.29. The lowest BCUT2D eigenvalue weighted by molar-refractivity contribution is 0.195. The van der Waals surface area contributed by atoms with Crippen molar-refractivity contribution in [2.24, 2.45) is 0 Å². The first kappa shape index (κ1) is 18.6. The highest BCUT2D eigenvalue weighted by molar-refractivity contribution is 9.10. The summed E-state index contributed by atoms with van der Waals surface area (Å²) < 4.78 is 3.26. The van der Waals surface area contributed by atoms with Gasteiger partial charge in [-0.15, -0.1) is 10.2 Å². The van der Waals surface area contributed by atoms with E-state index in [0.29, 0.717) is 0 Å². The fraction of sp³-hybridized carbons (Fsp3) is 0.130. The van der Waals surface area contributed by atoms with Crippen molar-refractivity contribution in [2.75, 3.05) is 5.88 Å². The lowest BCUT2D eigenvalue weighted by Crippen LogP contribution is -2.34. The van der Waals surface area contributed by atoms with Crippen molar-refractivity contribution in [3.05, 3.63) is 101 Å². The highest BCUT2D eigenvalue weighted by Crippen LogP contribution is 2.36. The molecule has 0 amide bonds. The monoisotopic (exact) mass is 462 g/mol. The lowest BCUT2D eigenvalue weighted by atomic mass is 9.98. The quantitative estimate of drug-likeness (QED) is 0.382. The van der Waals surface area contributed by atoms with Crippen LogP contribution >= 0.6 is 27.7 Å². The van der Waals surface area contributed by atoms with Crippen LogP contribution in [0.3, 0.4) is 0 Å². The van der Waals surface area contributed by atoms with Gasteiger partial charge in [0.15, 0.2) is 11.0 Å². The zero-order chi connectivity index (χ0) is 19.6. The van der Waals surface area contributed by atoms with Gasteiger partial charge in [-0.3, -0.25) is 9.47 Å². The van der Waals surface area contributed by atoms with Gasteiger partial charge in [0.1, 0.15) is 0 Å². The molecule has 1 aliphatic rings. The van der Waals surface area contributed by atoms with Crippen molar-refractivity contribution >= 4 is 27.7 Å². The average molecular weight is 463 g/mol. The average Bonchev–Trinajstić information content (AvgIpc) is 3.19. The van der Waals surface area contributed by atoms with Crippen LogP contribution in [0, 0.1) is 0 Å². The van der Waals surface area contributed by atoms with E-state index in [1.807, 2.05) is 12.1 Å². The molecule has 0 unspecified atom stereocenters. The number of rotatable bonds is 4. The van der Waals surface area contributed by atoms with Gasteiger partial charge in [-0.05, 0) is 23.3 Å². The molecular formula is C23H19BrN4S. The number of nitrogens with zero attached hydrogens (tertiary/aromatic N) is 4. The molecule has 0 bridgehead atoms. The van der Waals surface area contributed by atoms with Crippen LogP contribution in [0.4, 0.5) is 0 Å². The summed E-state index contributed by atoms with van der Waals surface area (Å²) in [5, 5.41) is 9.90. The summed E-state index contributed by atoms with van der Waals surface area (Å²) in [6.45, 7) is 0.742. The minimum Gasteiger partial charge on any atom is -0.288 e. The molecule has 6 heteroatoms. The normalized spacial score (nSPS) is 14.1. The van der Waals surface area contributed by atoms with Crippen LogP contribution in [0.1, 0.15) is 17.2 Å². The predicted molar refractivity (Wildman–Crippen MR) is 120 cm³/mol. The first-order valence-electron chi connectivity index (χ1n) is 9.45. The van der Waals surface area contributed by atoms with Crippen LogP contribution in [-0.4, -0.2) is 25.5 Å². The largest absolute Gasteiger partial charge is 0.288 e. The molecule has 0 spiro atoms. The SMILES string of the molecule is Brc1cccc(-c2nnc3n2CN(C(c2ccccc2)c2ccccc2)CS3)c1. The van der Waals surface area contributed by atoms with Crippen molar-refractivity contribution in [1.82, 2.24) is 19.7 Å². The molecule has 0 N–H and O–H groups in total. The van der Waals surface area contributed by atoms with Crippen molar-refractivity contribution in [3.63, 3.8) is 0 Å². The number of hydrogen-bond acceptors (Lipinski definition) is 4. The third-order valence-corrected chi connectivity index (χ3v) is 6.59. The van der Waals surface area contributed by atoms with Gasteiger partial charge in [0.25, 0.3) is 0 Å². The zero-order valence-electron chi connectivity index (χ0n) is 15.6. The van der Waals surface area contributed by atoms with Gasteiger partial charge in [0, 0.05) is 10.0 Å². The minimum atomic E-state index is 0.177. The Morgan fingerprint density at radius 1 is 0.828 bits per heavy atom. The molecule has 0 atom stereocenters. The van der Waals surface area contributed by atoms with E-state index in [2.05, 4.69) is 108 Å². The molecule has 0 saturated carbocycles. The Hall–Kier alpha value is -2.41. The molecule has 3 aromatic carbocycles. The van der Waals surface area contributed by atoms with Crippen LogP contribution in [0.5, 0.6) is 0 Å². The van der Waals surface area contributed by atoms with Crippen LogP contribution in [0.2, 0.25) is 0 Å². The third-order valence-electron chi connectivity index (χ3n) is 5.08. The fourth-order valence-electron chi connectivity index (χ4n) is 3.77. The number of benzene rings is 3. The molecular weight excluding hydrogens is 444 g/mol. The van der Waals surface area contributed by atoms with Gasteiger partial charge >= 0.3 is 0 Å². The number of halogens is 1. The maximum atomic E-state index is 4.49. The molecule has 5 rings (SSSR count). The summed E-state index contributed by atoms with van der Waals surface area (Å²) >= 11 is 5.30. The Bertz CT molecular complexity index is 1070. The summed E-state index contributed by atoms with van der Waals surface area (Å²) in [4.78, 5) is 2.48. The molecule has 0 saturated heterocycles. The third kappa shape index (κ3) is 3.75. The molecule has 4 nitrogen and oxygen atoms in total. The van der Waals surface area contributed by atoms with E-state index in [0.717, 1.165) is 33.6 Å². The van der Waals surface area contributed by atoms with E-state index < -0.39 is 0 Å². The molecule has 0 fully saturated rings. The van der Waals surface area contributed by atoms with Gasteiger partial charge in [0.2, 0.25) is 0 Å². The summed E-state index contributed by atoms with van der Waals surface area (Å²) in [5.41, 5.74) is 3.65. The Labute approximate surface area is 182 Å². The number of fused-ring (bicyclic) bond motifs is 1. The van der Waals surface area contributed by atoms with Crippen molar-refractivity contribution in [1.29, 1.82) is 0 Å². The van der Waals surface area contributed by atoms with Crippen LogP contribution < -0.4 is 0 Å². The van der Waals surface area contributed by atoms with E-state index in [1.165, 1.54) is 11.1 Å². The number of hydrogen-bond donors (Lipinski definition) is 0. The van der Waals surface area contributed by atoms with Crippen LogP contribution in [0.15, 0.2) is 94.6 Å². The fourth-order valence-corrected chi connectivity index (χ4v) is 5.08. The molecule has 1 aliphatic heterocycles. The maximum Gasteiger partial charge on any atom is 0.193 e. The van der Waals surface area contributed by atoms with E-state index in [1.54, 1.807) is 11.8 Å². The molecule has 0 radical (unpaired) electrons. The molecule has 1 aromatic heterocycles. The highest BCUT2D eigenvalue weighted by atomic mass is 79.9. The molecule has 4 aromatic rings. The Morgan fingerprint density at radius 3 is 2.17 bits per heavy atom. The Morgan fingerprint density at radius 2 is 1.52 bits per heavy atom. The number of aromatic nitrogens is 3. The number of thioether (sulfide) groups is 1. The van der Waals surface area contributed by atoms with E-state index in [9.17, 15) is 0 Å².